The lowest BCUT2D eigenvalue weighted by molar-refractivity contribution is -0.117. The number of hydrogen-bond donors (Lipinski definition) is 5. The van der Waals surface area contributed by atoms with Crippen molar-refractivity contribution >= 4 is 5.91 Å². The molecule has 6 nitrogen and oxygen atoms in total. The molecule has 6 heteroatoms. The predicted octanol–water partition coefficient (Wildman–Crippen LogP) is 1.17. The second kappa shape index (κ2) is 9.33. The SMILES string of the molecule is C[C@H](Cc1cccc(CC(N)=O)c1)NC[C@H](O)c1ccc(O)c(CO)c1. The van der Waals surface area contributed by atoms with Crippen molar-refractivity contribution in [3.05, 3.63) is 64.7 Å². The molecular formula is C20H26N2O4. The van der Waals surface area contributed by atoms with Crippen molar-refractivity contribution in [3.63, 3.8) is 0 Å². The average Bonchev–Trinajstić information content (AvgIpc) is 2.59. The van der Waals surface area contributed by atoms with Crippen LogP contribution in [0.25, 0.3) is 0 Å². The van der Waals surface area contributed by atoms with E-state index in [2.05, 4.69) is 5.32 Å². The number of aromatic hydroxyl groups is 1. The summed E-state index contributed by atoms with van der Waals surface area (Å²) in [5.74, 6) is -0.340. The van der Waals surface area contributed by atoms with Crippen LogP contribution in [0.3, 0.4) is 0 Å². The van der Waals surface area contributed by atoms with Gasteiger partial charge >= 0.3 is 0 Å². The average molecular weight is 358 g/mol. The van der Waals surface area contributed by atoms with E-state index in [1.165, 1.54) is 6.07 Å². The molecule has 140 valence electrons. The summed E-state index contributed by atoms with van der Waals surface area (Å²) in [6, 6.07) is 12.6. The van der Waals surface area contributed by atoms with E-state index in [9.17, 15) is 20.1 Å². The third kappa shape index (κ3) is 5.84. The number of aliphatic hydroxyl groups is 2. The topological polar surface area (TPSA) is 116 Å². The van der Waals surface area contributed by atoms with Crippen LogP contribution in [0, 0.1) is 0 Å². The fourth-order valence-electron chi connectivity index (χ4n) is 2.86. The maximum absolute atomic E-state index is 11.0. The van der Waals surface area contributed by atoms with E-state index >= 15 is 0 Å². The smallest absolute Gasteiger partial charge is 0.221 e. The third-order valence-corrected chi connectivity index (χ3v) is 4.23. The Balaban J connectivity index is 1.90. The number of amides is 1. The summed E-state index contributed by atoms with van der Waals surface area (Å²) in [4.78, 5) is 11.0. The number of carbonyl (C=O) groups is 1. The molecule has 0 bridgehead atoms. The highest BCUT2D eigenvalue weighted by molar-refractivity contribution is 5.76. The van der Waals surface area contributed by atoms with Gasteiger partial charge in [-0.15, -0.1) is 0 Å². The molecule has 0 aliphatic rings. The molecule has 0 aromatic heterocycles. The van der Waals surface area contributed by atoms with Crippen molar-refractivity contribution in [1.82, 2.24) is 5.32 Å². The fraction of sp³-hybridized carbons (Fsp3) is 0.350. The summed E-state index contributed by atoms with van der Waals surface area (Å²) in [6.45, 7) is 2.08. The minimum absolute atomic E-state index is 0.0145. The summed E-state index contributed by atoms with van der Waals surface area (Å²) in [5, 5.41) is 32.4. The molecule has 0 saturated carbocycles. The lowest BCUT2D eigenvalue weighted by atomic mass is 10.0. The zero-order valence-electron chi connectivity index (χ0n) is 14.9. The molecule has 0 saturated heterocycles. The van der Waals surface area contributed by atoms with Gasteiger partial charge in [0.1, 0.15) is 5.75 Å². The molecule has 0 spiro atoms. The van der Waals surface area contributed by atoms with Crippen LogP contribution in [0.1, 0.15) is 35.3 Å². The largest absolute Gasteiger partial charge is 0.508 e. The number of benzene rings is 2. The zero-order chi connectivity index (χ0) is 19.1. The Kier molecular flexibility index (Phi) is 7.15. The van der Waals surface area contributed by atoms with Crippen molar-refractivity contribution in [2.75, 3.05) is 6.54 Å². The van der Waals surface area contributed by atoms with Crippen molar-refractivity contribution in [2.45, 2.75) is 38.5 Å². The molecule has 0 heterocycles. The molecular weight excluding hydrogens is 332 g/mol. The van der Waals surface area contributed by atoms with Gasteiger partial charge in [-0.05, 0) is 42.2 Å². The fourth-order valence-corrected chi connectivity index (χ4v) is 2.86. The van der Waals surface area contributed by atoms with Crippen molar-refractivity contribution < 1.29 is 20.1 Å². The molecule has 0 radical (unpaired) electrons. The van der Waals surface area contributed by atoms with Crippen molar-refractivity contribution in [2.24, 2.45) is 5.73 Å². The van der Waals surface area contributed by atoms with E-state index < -0.39 is 6.10 Å². The number of nitrogens with one attached hydrogen (secondary N) is 1. The lowest BCUT2D eigenvalue weighted by Gasteiger charge is -2.18. The highest BCUT2D eigenvalue weighted by Gasteiger charge is 2.12. The van der Waals surface area contributed by atoms with Crippen LogP contribution >= 0.6 is 0 Å². The van der Waals surface area contributed by atoms with Crippen LogP contribution in [0.4, 0.5) is 0 Å². The Labute approximate surface area is 153 Å². The Hall–Kier alpha value is -2.41. The predicted molar refractivity (Wildman–Crippen MR) is 99.5 cm³/mol. The van der Waals surface area contributed by atoms with Gasteiger partial charge in [0.2, 0.25) is 5.91 Å². The van der Waals surface area contributed by atoms with Crippen LogP contribution in [0.2, 0.25) is 0 Å². The summed E-state index contributed by atoms with van der Waals surface area (Å²) < 4.78 is 0. The van der Waals surface area contributed by atoms with E-state index in [0.717, 1.165) is 17.5 Å². The molecule has 2 rings (SSSR count). The van der Waals surface area contributed by atoms with Gasteiger partial charge in [0.25, 0.3) is 0 Å². The minimum Gasteiger partial charge on any atom is -0.508 e. The Morgan fingerprint density at radius 3 is 2.62 bits per heavy atom. The first kappa shape index (κ1) is 19.9. The van der Waals surface area contributed by atoms with E-state index in [1.54, 1.807) is 12.1 Å². The van der Waals surface area contributed by atoms with Gasteiger partial charge in [0, 0.05) is 18.2 Å². The first-order valence-corrected chi connectivity index (χ1v) is 8.59. The van der Waals surface area contributed by atoms with Gasteiger partial charge in [-0.2, -0.15) is 0 Å². The van der Waals surface area contributed by atoms with Crippen LogP contribution in [0.5, 0.6) is 5.75 Å². The standard InChI is InChI=1S/C20H26N2O4/c1-13(7-14-3-2-4-15(8-14)9-20(21)26)22-11-19(25)16-5-6-18(24)17(10-16)12-23/h2-6,8,10,13,19,22-25H,7,9,11-12H2,1H3,(H2,21,26)/t13-,19+/m1/s1. The Morgan fingerprint density at radius 1 is 1.19 bits per heavy atom. The van der Waals surface area contributed by atoms with E-state index in [0.29, 0.717) is 17.7 Å². The zero-order valence-corrected chi connectivity index (χ0v) is 14.9. The Morgan fingerprint density at radius 2 is 1.92 bits per heavy atom. The highest BCUT2D eigenvalue weighted by Crippen LogP contribution is 2.22. The maximum Gasteiger partial charge on any atom is 0.221 e. The van der Waals surface area contributed by atoms with Crippen LogP contribution < -0.4 is 11.1 Å². The lowest BCUT2D eigenvalue weighted by Crippen LogP contribution is -2.32. The van der Waals surface area contributed by atoms with Gasteiger partial charge in [-0.1, -0.05) is 30.3 Å². The van der Waals surface area contributed by atoms with Crippen molar-refractivity contribution in [1.29, 1.82) is 0 Å². The molecule has 2 aromatic rings. The molecule has 2 atom stereocenters. The Bertz CT molecular complexity index is 748. The number of hydrogen-bond acceptors (Lipinski definition) is 5. The van der Waals surface area contributed by atoms with E-state index in [4.69, 9.17) is 5.73 Å². The second-order valence-electron chi connectivity index (χ2n) is 6.54. The highest BCUT2D eigenvalue weighted by atomic mass is 16.3. The molecule has 26 heavy (non-hydrogen) atoms. The summed E-state index contributed by atoms with van der Waals surface area (Å²) in [6.07, 6.45) is 0.226. The molecule has 0 fully saturated rings. The molecule has 6 N–H and O–H groups in total. The molecule has 0 unspecified atom stereocenters. The summed E-state index contributed by atoms with van der Waals surface area (Å²) in [7, 11) is 0. The first-order chi connectivity index (χ1) is 12.4. The van der Waals surface area contributed by atoms with Gasteiger partial charge in [-0.3, -0.25) is 4.79 Å². The quantitative estimate of drug-likeness (QED) is 0.461. The van der Waals surface area contributed by atoms with E-state index in [1.807, 2.05) is 31.2 Å². The number of primary amides is 1. The van der Waals surface area contributed by atoms with E-state index in [-0.39, 0.29) is 30.7 Å². The minimum atomic E-state index is -0.746. The van der Waals surface area contributed by atoms with Crippen LogP contribution in [0.15, 0.2) is 42.5 Å². The third-order valence-electron chi connectivity index (χ3n) is 4.23. The number of aliphatic hydroxyl groups excluding tert-OH is 2. The first-order valence-electron chi connectivity index (χ1n) is 8.59. The molecule has 2 aromatic carbocycles. The van der Waals surface area contributed by atoms with Gasteiger partial charge in [0.15, 0.2) is 0 Å². The summed E-state index contributed by atoms with van der Waals surface area (Å²) in [5.41, 5.74) is 8.24. The molecule has 0 aliphatic heterocycles. The number of carbonyl (C=O) groups excluding carboxylic acids is 1. The second-order valence-corrected chi connectivity index (χ2v) is 6.54. The monoisotopic (exact) mass is 358 g/mol. The van der Waals surface area contributed by atoms with Crippen LogP contribution in [-0.4, -0.2) is 33.8 Å². The molecule has 1 amide bonds. The summed E-state index contributed by atoms with van der Waals surface area (Å²) >= 11 is 0. The number of phenols is 1. The van der Waals surface area contributed by atoms with Gasteiger partial charge in [-0.25, -0.2) is 0 Å². The number of rotatable bonds is 9. The normalized spacial score (nSPS) is 13.3. The van der Waals surface area contributed by atoms with Crippen molar-refractivity contribution in [3.8, 4) is 5.75 Å². The van der Waals surface area contributed by atoms with Gasteiger partial charge < -0.3 is 26.4 Å². The number of nitrogens with two attached hydrogens (primary N) is 1. The molecule has 0 aliphatic carbocycles. The maximum atomic E-state index is 11.0. The van der Waals surface area contributed by atoms with Crippen LogP contribution in [-0.2, 0) is 24.2 Å². The van der Waals surface area contributed by atoms with Gasteiger partial charge in [0.05, 0.1) is 19.1 Å².